The molecule has 7 heteroatoms. The lowest BCUT2D eigenvalue weighted by Crippen LogP contribution is -2.48. The molecule has 2 unspecified atom stereocenters. The molecule has 0 radical (unpaired) electrons. The van der Waals surface area contributed by atoms with Gasteiger partial charge in [-0.1, -0.05) is 19.1 Å². The Hall–Kier alpha value is -1.89. The number of hydrogen-bond donors (Lipinski definition) is 1. The lowest BCUT2D eigenvalue weighted by atomic mass is 9.76. The molecule has 2 bridgehead atoms. The number of likely N-dealkylation sites (tertiary alicyclic amines) is 2. The molecule has 0 aliphatic carbocycles. The number of piperidine rings is 1. The van der Waals surface area contributed by atoms with E-state index in [4.69, 9.17) is 4.74 Å². The van der Waals surface area contributed by atoms with Crippen LogP contribution < -0.4 is 5.32 Å². The Kier molecular flexibility index (Phi) is 4.29. The van der Waals surface area contributed by atoms with Crippen molar-refractivity contribution in [3.63, 3.8) is 0 Å². The molecule has 1 N–H and O–H groups in total. The number of nitrogens with one attached hydrogen (secondary N) is 1. The SMILES string of the molecule is CC(=O)NCCN1C[C@@]23C=C[C@@H](O2)C(C(=O)N2CCC(C)CC2)C3C1=O. The van der Waals surface area contributed by atoms with Gasteiger partial charge in [0.1, 0.15) is 5.60 Å². The number of hydrogen-bond acceptors (Lipinski definition) is 4. The van der Waals surface area contributed by atoms with E-state index >= 15 is 0 Å². The highest BCUT2D eigenvalue weighted by atomic mass is 16.5. The smallest absolute Gasteiger partial charge is 0.230 e. The van der Waals surface area contributed by atoms with Crippen LogP contribution >= 0.6 is 0 Å². The monoisotopic (exact) mass is 361 g/mol. The van der Waals surface area contributed by atoms with Crippen LogP contribution in [-0.2, 0) is 19.1 Å². The number of amides is 3. The van der Waals surface area contributed by atoms with E-state index in [1.807, 2.05) is 17.1 Å². The molecule has 3 saturated heterocycles. The summed E-state index contributed by atoms with van der Waals surface area (Å²) in [6.45, 7) is 6.54. The standard InChI is InChI=1S/C19H27N3O4/c1-12-4-8-21(9-5-12)17(24)15-14-3-6-19(26-14)11-22(18(25)16(15)19)10-7-20-13(2)23/h3,6,12,14-16H,4-5,7-11H2,1-2H3,(H,20,23)/t14-,15?,16?,19-/m1/s1. The first kappa shape index (κ1) is 17.5. The fourth-order valence-electron chi connectivity index (χ4n) is 4.86. The highest BCUT2D eigenvalue weighted by Crippen LogP contribution is 2.52. The zero-order chi connectivity index (χ0) is 18.5. The van der Waals surface area contributed by atoms with Crippen molar-refractivity contribution in [1.82, 2.24) is 15.1 Å². The Bertz CT molecular complexity index is 655. The number of fused-ring (bicyclic) bond motifs is 1. The Balaban J connectivity index is 1.48. The molecule has 4 atom stereocenters. The highest BCUT2D eigenvalue weighted by molar-refractivity contribution is 5.93. The third-order valence-corrected chi connectivity index (χ3v) is 6.31. The van der Waals surface area contributed by atoms with Gasteiger partial charge in [0.2, 0.25) is 17.7 Å². The maximum Gasteiger partial charge on any atom is 0.230 e. The Morgan fingerprint density at radius 1 is 1.35 bits per heavy atom. The summed E-state index contributed by atoms with van der Waals surface area (Å²) in [5, 5.41) is 2.72. The molecule has 3 amide bonds. The minimum Gasteiger partial charge on any atom is -0.360 e. The largest absolute Gasteiger partial charge is 0.360 e. The second-order valence-electron chi connectivity index (χ2n) is 8.15. The number of carbonyl (C=O) groups is 3. The third-order valence-electron chi connectivity index (χ3n) is 6.31. The van der Waals surface area contributed by atoms with E-state index in [1.165, 1.54) is 6.92 Å². The van der Waals surface area contributed by atoms with E-state index in [-0.39, 0.29) is 23.8 Å². The predicted molar refractivity (Wildman–Crippen MR) is 94.0 cm³/mol. The molecule has 4 aliphatic rings. The lowest BCUT2D eigenvalue weighted by Gasteiger charge is -2.34. The Morgan fingerprint density at radius 3 is 2.77 bits per heavy atom. The lowest BCUT2D eigenvalue weighted by molar-refractivity contribution is -0.144. The number of nitrogens with zero attached hydrogens (tertiary/aromatic N) is 2. The number of carbonyl (C=O) groups excluding carboxylic acids is 3. The summed E-state index contributed by atoms with van der Waals surface area (Å²) in [7, 11) is 0. The summed E-state index contributed by atoms with van der Waals surface area (Å²) in [4.78, 5) is 40.9. The topological polar surface area (TPSA) is 79.0 Å². The summed E-state index contributed by atoms with van der Waals surface area (Å²) < 4.78 is 6.15. The van der Waals surface area contributed by atoms with Gasteiger partial charge in [-0.3, -0.25) is 14.4 Å². The fourth-order valence-corrected chi connectivity index (χ4v) is 4.86. The van der Waals surface area contributed by atoms with E-state index in [9.17, 15) is 14.4 Å². The van der Waals surface area contributed by atoms with Gasteiger partial charge in [0.15, 0.2) is 0 Å². The summed E-state index contributed by atoms with van der Waals surface area (Å²) in [5.41, 5.74) is -0.665. The molecule has 0 aromatic heterocycles. The van der Waals surface area contributed by atoms with Crippen molar-refractivity contribution in [2.45, 2.75) is 38.4 Å². The van der Waals surface area contributed by atoms with Crippen molar-refractivity contribution >= 4 is 17.7 Å². The first-order valence-electron chi connectivity index (χ1n) is 9.60. The van der Waals surface area contributed by atoms with Crippen molar-refractivity contribution < 1.29 is 19.1 Å². The molecule has 7 nitrogen and oxygen atoms in total. The minimum absolute atomic E-state index is 0.0223. The summed E-state index contributed by atoms with van der Waals surface area (Å²) in [6.07, 6.45) is 5.68. The fraction of sp³-hybridized carbons (Fsp3) is 0.737. The van der Waals surface area contributed by atoms with Crippen LogP contribution in [0.3, 0.4) is 0 Å². The summed E-state index contributed by atoms with van der Waals surface area (Å²) in [6, 6.07) is 0. The molecule has 0 aromatic carbocycles. The number of ether oxygens (including phenoxy) is 1. The van der Waals surface area contributed by atoms with E-state index in [0.717, 1.165) is 25.9 Å². The van der Waals surface area contributed by atoms with E-state index in [1.54, 1.807) is 4.90 Å². The molecular formula is C19H27N3O4. The first-order valence-corrected chi connectivity index (χ1v) is 9.60. The maximum atomic E-state index is 13.2. The third kappa shape index (κ3) is 2.73. The van der Waals surface area contributed by atoms with Gasteiger partial charge in [-0.2, -0.15) is 0 Å². The van der Waals surface area contributed by atoms with Crippen LogP contribution in [0.2, 0.25) is 0 Å². The van der Waals surface area contributed by atoms with Gasteiger partial charge in [0, 0.05) is 33.1 Å². The normalized spacial score (nSPS) is 35.9. The Labute approximate surface area is 153 Å². The van der Waals surface area contributed by atoms with E-state index < -0.39 is 17.4 Å². The zero-order valence-corrected chi connectivity index (χ0v) is 15.4. The molecule has 0 saturated carbocycles. The van der Waals surface area contributed by atoms with Crippen LogP contribution in [0.1, 0.15) is 26.7 Å². The summed E-state index contributed by atoms with van der Waals surface area (Å²) >= 11 is 0. The van der Waals surface area contributed by atoms with Crippen molar-refractivity contribution in [3.05, 3.63) is 12.2 Å². The zero-order valence-electron chi connectivity index (χ0n) is 15.4. The average molecular weight is 361 g/mol. The van der Waals surface area contributed by atoms with Crippen LogP contribution in [0, 0.1) is 17.8 Å². The van der Waals surface area contributed by atoms with Crippen molar-refractivity contribution in [1.29, 1.82) is 0 Å². The highest BCUT2D eigenvalue weighted by Gasteiger charge is 2.67. The van der Waals surface area contributed by atoms with Gasteiger partial charge in [0.05, 0.1) is 24.5 Å². The molecule has 4 rings (SSSR count). The predicted octanol–water partition coefficient (Wildman–Crippen LogP) is 0.163. The summed E-state index contributed by atoms with van der Waals surface area (Å²) in [5.74, 6) is -0.257. The van der Waals surface area contributed by atoms with Gasteiger partial charge < -0.3 is 19.9 Å². The average Bonchev–Trinajstić information content (AvgIpc) is 3.23. The van der Waals surface area contributed by atoms with Crippen LogP contribution in [0.4, 0.5) is 0 Å². The molecule has 3 fully saturated rings. The van der Waals surface area contributed by atoms with Crippen molar-refractivity contribution in [2.75, 3.05) is 32.7 Å². The second kappa shape index (κ2) is 6.37. The van der Waals surface area contributed by atoms with Crippen LogP contribution in [0.15, 0.2) is 12.2 Å². The molecule has 26 heavy (non-hydrogen) atoms. The van der Waals surface area contributed by atoms with Gasteiger partial charge in [-0.25, -0.2) is 0 Å². The molecule has 1 spiro atoms. The number of rotatable bonds is 4. The van der Waals surface area contributed by atoms with Crippen molar-refractivity contribution in [3.8, 4) is 0 Å². The first-order chi connectivity index (χ1) is 12.4. The molecule has 0 aromatic rings. The second-order valence-corrected chi connectivity index (χ2v) is 8.15. The van der Waals surface area contributed by atoms with Crippen LogP contribution in [0.5, 0.6) is 0 Å². The molecular weight excluding hydrogens is 334 g/mol. The van der Waals surface area contributed by atoms with Crippen LogP contribution in [0.25, 0.3) is 0 Å². The maximum absolute atomic E-state index is 13.2. The quantitative estimate of drug-likeness (QED) is 0.724. The van der Waals surface area contributed by atoms with Gasteiger partial charge >= 0.3 is 0 Å². The van der Waals surface area contributed by atoms with Crippen LogP contribution in [-0.4, -0.2) is 72.0 Å². The molecule has 142 valence electrons. The van der Waals surface area contributed by atoms with E-state index in [2.05, 4.69) is 12.2 Å². The van der Waals surface area contributed by atoms with Crippen molar-refractivity contribution in [2.24, 2.45) is 17.8 Å². The molecule has 4 heterocycles. The molecule has 4 aliphatic heterocycles. The van der Waals surface area contributed by atoms with Gasteiger partial charge in [-0.05, 0) is 18.8 Å². The van der Waals surface area contributed by atoms with E-state index in [0.29, 0.717) is 25.6 Å². The van der Waals surface area contributed by atoms with Gasteiger partial charge in [0.25, 0.3) is 0 Å². The van der Waals surface area contributed by atoms with Gasteiger partial charge in [-0.15, -0.1) is 0 Å². The Morgan fingerprint density at radius 2 is 2.08 bits per heavy atom. The minimum atomic E-state index is -0.665.